The van der Waals surface area contributed by atoms with Gasteiger partial charge in [0.25, 0.3) is 0 Å². The molecule has 0 radical (unpaired) electrons. The first-order valence-electron chi connectivity index (χ1n) is 8.26. The van der Waals surface area contributed by atoms with E-state index in [9.17, 15) is 0 Å². The van der Waals surface area contributed by atoms with Crippen LogP contribution in [0.25, 0.3) is 0 Å². The first-order chi connectivity index (χ1) is 11.9. The molecule has 122 valence electrons. The van der Waals surface area contributed by atoms with Crippen molar-refractivity contribution in [1.82, 2.24) is 4.34 Å². The second-order valence-electron chi connectivity index (χ2n) is 5.78. The second kappa shape index (κ2) is 8.58. The Morgan fingerprint density at radius 2 is 1.00 bits per heavy atom. The van der Waals surface area contributed by atoms with Gasteiger partial charge in [0.05, 0.1) is 6.16 Å². The SMILES string of the molecule is BrNCCC[P+](c1ccccc1)(c1ccccc1)c1ccccc1. The van der Waals surface area contributed by atoms with Crippen molar-refractivity contribution in [2.75, 3.05) is 12.7 Å². The van der Waals surface area contributed by atoms with Crippen molar-refractivity contribution in [3.05, 3.63) is 91.0 Å². The summed E-state index contributed by atoms with van der Waals surface area (Å²) in [4.78, 5) is 0. The topological polar surface area (TPSA) is 12.0 Å². The zero-order valence-electron chi connectivity index (χ0n) is 13.6. The van der Waals surface area contributed by atoms with Crippen LogP contribution in [0.1, 0.15) is 6.42 Å². The molecule has 0 spiro atoms. The van der Waals surface area contributed by atoms with Gasteiger partial charge in [-0.3, -0.25) is 4.34 Å². The van der Waals surface area contributed by atoms with E-state index in [-0.39, 0.29) is 0 Å². The molecular weight excluding hydrogens is 377 g/mol. The van der Waals surface area contributed by atoms with Gasteiger partial charge in [0.15, 0.2) is 0 Å². The average Bonchev–Trinajstić information content (AvgIpc) is 2.68. The van der Waals surface area contributed by atoms with Gasteiger partial charge in [-0.25, -0.2) is 0 Å². The fourth-order valence-electron chi connectivity index (χ4n) is 3.26. The standard InChI is InChI=1S/C21H22BrNP/c22-23-17-10-18-24(19-11-4-1-5-12-19,20-13-6-2-7-14-20)21-15-8-3-9-16-21/h1-9,11-16,23H,10,17-18H2/q+1. The van der Waals surface area contributed by atoms with E-state index in [1.165, 1.54) is 15.9 Å². The van der Waals surface area contributed by atoms with E-state index in [0.717, 1.165) is 19.1 Å². The fourth-order valence-corrected chi connectivity index (χ4v) is 7.89. The minimum atomic E-state index is -1.64. The Balaban J connectivity index is 2.20. The minimum absolute atomic E-state index is 0.967. The third-order valence-corrected chi connectivity index (χ3v) is 9.28. The van der Waals surface area contributed by atoms with Gasteiger partial charge in [-0.1, -0.05) is 54.6 Å². The number of halogens is 1. The molecule has 0 aliphatic heterocycles. The number of nitrogens with one attached hydrogen (secondary N) is 1. The molecule has 0 aromatic heterocycles. The first-order valence-corrected chi connectivity index (χ1v) is 11.0. The van der Waals surface area contributed by atoms with Gasteiger partial charge in [-0.15, -0.1) is 0 Å². The van der Waals surface area contributed by atoms with Gasteiger partial charge >= 0.3 is 0 Å². The van der Waals surface area contributed by atoms with Gasteiger partial charge < -0.3 is 0 Å². The van der Waals surface area contributed by atoms with Crippen molar-refractivity contribution in [3.63, 3.8) is 0 Å². The summed E-state index contributed by atoms with van der Waals surface area (Å²) < 4.78 is 3.12. The molecule has 3 aromatic rings. The van der Waals surface area contributed by atoms with Crippen LogP contribution < -0.4 is 20.3 Å². The molecule has 0 aliphatic rings. The molecule has 3 aromatic carbocycles. The highest BCUT2D eigenvalue weighted by molar-refractivity contribution is 9.08. The van der Waals surface area contributed by atoms with Crippen LogP contribution in [0.2, 0.25) is 0 Å². The quantitative estimate of drug-likeness (QED) is 0.356. The molecule has 0 aliphatic carbocycles. The van der Waals surface area contributed by atoms with Gasteiger partial charge in [0, 0.05) is 22.7 Å². The van der Waals surface area contributed by atoms with E-state index in [1.54, 1.807) is 0 Å². The van der Waals surface area contributed by atoms with E-state index in [4.69, 9.17) is 0 Å². The molecule has 0 saturated carbocycles. The lowest BCUT2D eigenvalue weighted by Gasteiger charge is -2.27. The largest absolute Gasteiger partial charge is 0.256 e. The summed E-state index contributed by atoms with van der Waals surface area (Å²) >= 11 is 3.35. The molecule has 0 heterocycles. The predicted molar refractivity (Wildman–Crippen MR) is 112 cm³/mol. The lowest BCUT2D eigenvalue weighted by molar-refractivity contribution is 0.894. The smallest absolute Gasteiger partial charge is 0.112 e. The van der Waals surface area contributed by atoms with Crippen molar-refractivity contribution >= 4 is 39.3 Å². The molecule has 1 nitrogen and oxygen atoms in total. The zero-order valence-corrected chi connectivity index (χ0v) is 16.1. The monoisotopic (exact) mass is 398 g/mol. The van der Waals surface area contributed by atoms with Crippen molar-refractivity contribution in [3.8, 4) is 0 Å². The highest BCUT2D eigenvalue weighted by Gasteiger charge is 2.44. The number of hydrogen-bond acceptors (Lipinski definition) is 1. The second-order valence-corrected chi connectivity index (χ2v) is 9.95. The normalized spacial score (nSPS) is 11.4. The van der Waals surface area contributed by atoms with E-state index >= 15 is 0 Å². The third kappa shape index (κ3) is 3.62. The van der Waals surface area contributed by atoms with Crippen molar-refractivity contribution in [2.45, 2.75) is 6.42 Å². The van der Waals surface area contributed by atoms with Crippen LogP contribution in [-0.4, -0.2) is 12.7 Å². The van der Waals surface area contributed by atoms with Crippen LogP contribution in [-0.2, 0) is 0 Å². The van der Waals surface area contributed by atoms with Gasteiger partial charge in [-0.05, 0) is 42.8 Å². The average molecular weight is 399 g/mol. The molecule has 0 saturated heterocycles. The molecule has 3 heteroatoms. The summed E-state index contributed by atoms with van der Waals surface area (Å²) in [6.07, 6.45) is 2.28. The maximum atomic E-state index is 3.35. The highest BCUT2D eigenvalue weighted by Crippen LogP contribution is 2.55. The minimum Gasteiger partial charge on any atom is -0.256 e. The summed E-state index contributed by atoms with van der Waals surface area (Å²) in [5.74, 6) is 0. The lowest BCUT2D eigenvalue weighted by atomic mass is 10.4. The Morgan fingerprint density at radius 3 is 1.33 bits per heavy atom. The van der Waals surface area contributed by atoms with Gasteiger partial charge in [0.2, 0.25) is 0 Å². The van der Waals surface area contributed by atoms with E-state index in [1.807, 2.05) is 0 Å². The molecule has 1 N–H and O–H groups in total. The van der Waals surface area contributed by atoms with Crippen LogP contribution in [0.5, 0.6) is 0 Å². The van der Waals surface area contributed by atoms with Crippen molar-refractivity contribution < 1.29 is 0 Å². The lowest BCUT2D eigenvalue weighted by Crippen LogP contribution is -2.33. The molecule has 0 amide bonds. The fraction of sp³-hybridized carbons (Fsp3) is 0.143. The molecule has 0 fully saturated rings. The van der Waals surface area contributed by atoms with Crippen LogP contribution in [0.3, 0.4) is 0 Å². The van der Waals surface area contributed by atoms with Crippen molar-refractivity contribution in [1.29, 1.82) is 0 Å². The van der Waals surface area contributed by atoms with Gasteiger partial charge in [-0.2, -0.15) is 0 Å². The maximum absolute atomic E-state index is 3.35. The summed E-state index contributed by atoms with van der Waals surface area (Å²) in [5, 5.41) is 4.37. The van der Waals surface area contributed by atoms with E-state index < -0.39 is 7.26 Å². The van der Waals surface area contributed by atoms with Crippen LogP contribution in [0, 0.1) is 0 Å². The summed E-state index contributed by atoms with van der Waals surface area (Å²) in [6.45, 7) is 0.967. The van der Waals surface area contributed by atoms with Crippen LogP contribution in [0.15, 0.2) is 91.0 Å². The Labute approximate surface area is 153 Å². The van der Waals surface area contributed by atoms with Gasteiger partial charge in [0.1, 0.15) is 23.2 Å². The zero-order chi connectivity index (χ0) is 16.7. The Hall–Kier alpha value is -1.47. The van der Waals surface area contributed by atoms with Crippen molar-refractivity contribution in [2.24, 2.45) is 0 Å². The molecule has 0 atom stereocenters. The Morgan fingerprint density at radius 1 is 0.625 bits per heavy atom. The predicted octanol–water partition coefficient (Wildman–Crippen LogP) is 4.27. The molecule has 3 rings (SSSR count). The first kappa shape index (κ1) is 17.4. The number of hydrogen-bond donors (Lipinski definition) is 1. The molecular formula is C21H22BrNP+. The number of benzene rings is 3. The van der Waals surface area contributed by atoms with E-state index in [2.05, 4.69) is 111 Å². The summed E-state index contributed by atoms with van der Waals surface area (Å²) in [7, 11) is -1.64. The van der Waals surface area contributed by atoms with Crippen LogP contribution >= 0.6 is 23.4 Å². The molecule has 0 bridgehead atoms. The summed E-state index contributed by atoms with van der Waals surface area (Å²) in [6, 6.07) is 33.1. The summed E-state index contributed by atoms with van der Waals surface area (Å²) in [5.41, 5.74) is 0. The Bertz CT molecular complexity index is 635. The molecule has 24 heavy (non-hydrogen) atoms. The highest BCUT2D eigenvalue weighted by atomic mass is 79.9. The maximum Gasteiger partial charge on any atom is 0.112 e. The van der Waals surface area contributed by atoms with Crippen LogP contribution in [0.4, 0.5) is 0 Å². The third-order valence-electron chi connectivity index (χ3n) is 4.36. The Kier molecular flexibility index (Phi) is 6.20. The number of rotatable bonds is 7. The van der Waals surface area contributed by atoms with E-state index in [0.29, 0.717) is 0 Å². The molecule has 0 unspecified atom stereocenters.